The molecule has 0 aliphatic carbocycles. The van der Waals surface area contributed by atoms with Crippen LogP contribution in [0.1, 0.15) is 22.3 Å². The molecule has 4 N–H and O–H groups in total. The minimum atomic E-state index is -0.413. The van der Waals surface area contributed by atoms with Gasteiger partial charge in [-0.2, -0.15) is 0 Å². The van der Waals surface area contributed by atoms with Gasteiger partial charge in [0.25, 0.3) is 5.91 Å². The van der Waals surface area contributed by atoms with Crippen molar-refractivity contribution in [2.24, 2.45) is 5.73 Å². The van der Waals surface area contributed by atoms with E-state index >= 15 is 0 Å². The van der Waals surface area contributed by atoms with Crippen LogP contribution >= 0.6 is 12.4 Å². The number of rotatable bonds is 6. The zero-order valence-corrected chi connectivity index (χ0v) is 12.1. The molecule has 0 spiro atoms. The third kappa shape index (κ3) is 5.99. The molecule has 0 unspecified atom stereocenters. The maximum Gasteiger partial charge on any atom is 0.251 e. The number of benzene rings is 1. The molecule has 2 amide bonds. The van der Waals surface area contributed by atoms with Gasteiger partial charge >= 0.3 is 0 Å². The Morgan fingerprint density at radius 2 is 1.90 bits per heavy atom. The lowest BCUT2D eigenvalue weighted by Crippen LogP contribution is -2.35. The van der Waals surface area contributed by atoms with Crippen LogP contribution in [0.5, 0.6) is 0 Å². The summed E-state index contributed by atoms with van der Waals surface area (Å²) in [6, 6.07) is 4.30. The number of hydrogen-bond acceptors (Lipinski definition) is 3. The van der Waals surface area contributed by atoms with E-state index < -0.39 is 5.82 Å². The molecule has 0 fully saturated rings. The van der Waals surface area contributed by atoms with Crippen LogP contribution in [0.15, 0.2) is 18.2 Å². The summed E-state index contributed by atoms with van der Waals surface area (Å²) < 4.78 is 13.3. The van der Waals surface area contributed by atoms with Gasteiger partial charge in [0.2, 0.25) is 5.91 Å². The first-order valence-corrected chi connectivity index (χ1v) is 6.05. The minimum Gasteiger partial charge on any atom is -0.354 e. The third-order valence-electron chi connectivity index (χ3n) is 2.54. The van der Waals surface area contributed by atoms with Crippen LogP contribution in [-0.2, 0) is 4.79 Å². The largest absolute Gasteiger partial charge is 0.354 e. The zero-order chi connectivity index (χ0) is 14.3. The van der Waals surface area contributed by atoms with Gasteiger partial charge in [0.05, 0.1) is 0 Å². The van der Waals surface area contributed by atoms with Crippen molar-refractivity contribution in [2.45, 2.75) is 13.3 Å². The van der Waals surface area contributed by atoms with Crippen molar-refractivity contribution < 1.29 is 14.0 Å². The molecular formula is C13H19ClFN3O2. The highest BCUT2D eigenvalue weighted by Gasteiger charge is 2.07. The molecule has 0 saturated heterocycles. The molecule has 7 heteroatoms. The van der Waals surface area contributed by atoms with Gasteiger partial charge in [-0.25, -0.2) is 4.39 Å². The highest BCUT2D eigenvalue weighted by atomic mass is 35.5. The third-order valence-corrected chi connectivity index (χ3v) is 2.54. The molecule has 0 bridgehead atoms. The highest BCUT2D eigenvalue weighted by Crippen LogP contribution is 2.08. The van der Waals surface area contributed by atoms with E-state index in [-0.39, 0.29) is 42.8 Å². The molecule has 20 heavy (non-hydrogen) atoms. The van der Waals surface area contributed by atoms with Crippen molar-refractivity contribution in [1.82, 2.24) is 10.6 Å². The molecule has 0 saturated carbocycles. The summed E-state index contributed by atoms with van der Waals surface area (Å²) in [7, 11) is 0. The van der Waals surface area contributed by atoms with Crippen LogP contribution in [0.2, 0.25) is 0 Å². The monoisotopic (exact) mass is 303 g/mol. The minimum absolute atomic E-state index is 0. The van der Waals surface area contributed by atoms with Crippen molar-refractivity contribution in [1.29, 1.82) is 0 Å². The Kier molecular flexibility index (Phi) is 8.51. The summed E-state index contributed by atoms with van der Waals surface area (Å²) in [5.41, 5.74) is 5.97. The lowest BCUT2D eigenvalue weighted by molar-refractivity contribution is -0.120. The van der Waals surface area contributed by atoms with Crippen molar-refractivity contribution in [3.63, 3.8) is 0 Å². The molecule has 1 rings (SSSR count). The van der Waals surface area contributed by atoms with Gasteiger partial charge in [0.1, 0.15) is 5.82 Å². The molecule has 0 aliphatic rings. The van der Waals surface area contributed by atoms with Gasteiger partial charge in [-0.05, 0) is 24.6 Å². The van der Waals surface area contributed by atoms with Gasteiger partial charge in [0, 0.05) is 31.6 Å². The van der Waals surface area contributed by atoms with E-state index in [1.807, 2.05) is 0 Å². The molecule has 5 nitrogen and oxygen atoms in total. The van der Waals surface area contributed by atoms with E-state index in [4.69, 9.17) is 5.73 Å². The number of halogens is 2. The fourth-order valence-electron chi connectivity index (χ4n) is 1.43. The van der Waals surface area contributed by atoms with Gasteiger partial charge in [-0.1, -0.05) is 6.07 Å². The molecule has 1 aromatic carbocycles. The van der Waals surface area contributed by atoms with Crippen molar-refractivity contribution >= 4 is 24.2 Å². The summed E-state index contributed by atoms with van der Waals surface area (Å²) in [5.74, 6) is -0.936. The molecule has 0 radical (unpaired) electrons. The molecule has 1 aromatic rings. The Balaban J connectivity index is 0.00000361. The van der Waals surface area contributed by atoms with Crippen LogP contribution in [-0.4, -0.2) is 31.4 Å². The van der Waals surface area contributed by atoms with Crippen LogP contribution in [0.25, 0.3) is 0 Å². The maximum atomic E-state index is 13.3. The van der Waals surface area contributed by atoms with E-state index in [2.05, 4.69) is 10.6 Å². The zero-order valence-electron chi connectivity index (χ0n) is 11.2. The second-order valence-electron chi connectivity index (χ2n) is 4.11. The average molecular weight is 304 g/mol. The van der Waals surface area contributed by atoms with Gasteiger partial charge in [-0.15, -0.1) is 12.4 Å². The predicted octanol–water partition coefficient (Wildman–Crippen LogP) is 0.751. The number of nitrogens with one attached hydrogen (secondary N) is 2. The Morgan fingerprint density at radius 1 is 1.25 bits per heavy atom. The molecule has 0 atom stereocenters. The lowest BCUT2D eigenvalue weighted by atomic mass is 10.1. The Morgan fingerprint density at radius 3 is 2.50 bits per heavy atom. The molecular weight excluding hydrogens is 285 g/mol. The van der Waals surface area contributed by atoms with E-state index in [0.717, 1.165) is 0 Å². The summed E-state index contributed by atoms with van der Waals surface area (Å²) in [6.07, 6.45) is 0.261. The standard InChI is InChI=1S/C13H18FN3O2.ClH/c1-9-2-3-10(8-11(9)14)13(19)17-7-6-16-12(18)4-5-15;/h2-3,8H,4-7,15H2,1H3,(H,16,18)(H,17,19);1H. The fourth-order valence-corrected chi connectivity index (χ4v) is 1.43. The number of nitrogens with two attached hydrogens (primary N) is 1. The Hall–Kier alpha value is -1.66. The topological polar surface area (TPSA) is 84.2 Å². The van der Waals surface area contributed by atoms with Crippen molar-refractivity contribution in [3.8, 4) is 0 Å². The number of hydrogen-bond donors (Lipinski definition) is 3. The first-order valence-electron chi connectivity index (χ1n) is 6.05. The molecule has 112 valence electrons. The summed E-state index contributed by atoms with van der Waals surface area (Å²) in [5, 5.41) is 5.19. The van der Waals surface area contributed by atoms with Gasteiger partial charge in [0.15, 0.2) is 0 Å². The molecule has 0 aromatic heterocycles. The predicted molar refractivity (Wildman–Crippen MR) is 77.4 cm³/mol. The van der Waals surface area contributed by atoms with Crippen LogP contribution in [0.3, 0.4) is 0 Å². The van der Waals surface area contributed by atoms with E-state index in [9.17, 15) is 14.0 Å². The first-order chi connectivity index (χ1) is 9.04. The smallest absolute Gasteiger partial charge is 0.251 e. The lowest BCUT2D eigenvalue weighted by Gasteiger charge is -2.07. The summed E-state index contributed by atoms with van der Waals surface area (Å²) in [4.78, 5) is 22.8. The SMILES string of the molecule is Cc1ccc(C(=O)NCCNC(=O)CCN)cc1F.Cl. The highest BCUT2D eigenvalue weighted by molar-refractivity contribution is 5.94. The van der Waals surface area contributed by atoms with Gasteiger partial charge < -0.3 is 16.4 Å². The second kappa shape index (κ2) is 9.28. The van der Waals surface area contributed by atoms with E-state index in [1.165, 1.54) is 6.07 Å². The van der Waals surface area contributed by atoms with E-state index in [1.54, 1.807) is 19.1 Å². The normalized spacial score (nSPS) is 9.55. The molecule has 0 aliphatic heterocycles. The summed E-state index contributed by atoms with van der Waals surface area (Å²) >= 11 is 0. The Bertz CT molecular complexity index is 469. The van der Waals surface area contributed by atoms with Crippen molar-refractivity contribution in [3.05, 3.63) is 35.1 Å². The molecule has 0 heterocycles. The number of carbonyl (C=O) groups excluding carboxylic acids is 2. The number of carbonyl (C=O) groups is 2. The first kappa shape index (κ1) is 18.3. The van der Waals surface area contributed by atoms with Crippen LogP contribution in [0, 0.1) is 12.7 Å². The van der Waals surface area contributed by atoms with Crippen LogP contribution in [0.4, 0.5) is 4.39 Å². The Labute approximate surface area is 123 Å². The number of aryl methyl sites for hydroxylation is 1. The van der Waals surface area contributed by atoms with Crippen LogP contribution < -0.4 is 16.4 Å². The van der Waals surface area contributed by atoms with Crippen molar-refractivity contribution in [2.75, 3.05) is 19.6 Å². The average Bonchev–Trinajstić information content (AvgIpc) is 2.38. The maximum absolute atomic E-state index is 13.3. The number of amides is 2. The quantitative estimate of drug-likeness (QED) is 0.678. The van der Waals surface area contributed by atoms with Gasteiger partial charge in [-0.3, -0.25) is 9.59 Å². The second-order valence-corrected chi connectivity index (χ2v) is 4.11. The van der Waals surface area contributed by atoms with E-state index in [0.29, 0.717) is 18.7 Å². The fraction of sp³-hybridized carbons (Fsp3) is 0.385. The summed E-state index contributed by atoms with van der Waals surface area (Å²) in [6.45, 7) is 2.52.